The van der Waals surface area contributed by atoms with Gasteiger partial charge in [-0.05, 0) is 60.3 Å². The molecule has 1 heterocycles. The van der Waals surface area contributed by atoms with Gasteiger partial charge in [-0.3, -0.25) is 0 Å². The van der Waals surface area contributed by atoms with Crippen LogP contribution in [0.3, 0.4) is 0 Å². The molecule has 0 amide bonds. The molecule has 0 aliphatic carbocycles. The summed E-state index contributed by atoms with van der Waals surface area (Å²) in [5.41, 5.74) is 2.54. The Labute approximate surface area is 163 Å². The van der Waals surface area contributed by atoms with E-state index in [-0.39, 0.29) is 6.61 Å². The smallest absolute Gasteiger partial charge is 0.0921 e. The number of imidazole rings is 1. The lowest BCUT2D eigenvalue weighted by molar-refractivity contribution is 0.190. The summed E-state index contributed by atoms with van der Waals surface area (Å²) in [4.78, 5) is 7.45. The Bertz CT molecular complexity index is 614. The summed E-state index contributed by atoms with van der Waals surface area (Å²) in [6, 6.07) is 10.7. The molecule has 4 atom stereocenters. The van der Waals surface area contributed by atoms with Crippen LogP contribution in [0.2, 0.25) is 0 Å². The molecule has 0 aliphatic rings. The van der Waals surface area contributed by atoms with Crippen molar-refractivity contribution in [3.63, 3.8) is 0 Å². The maximum atomic E-state index is 9.30. The van der Waals surface area contributed by atoms with Gasteiger partial charge >= 0.3 is 0 Å². The summed E-state index contributed by atoms with van der Waals surface area (Å²) in [7, 11) is 0. The van der Waals surface area contributed by atoms with Gasteiger partial charge in [-0.15, -0.1) is 0 Å². The van der Waals surface area contributed by atoms with Gasteiger partial charge < -0.3 is 10.1 Å². The highest BCUT2D eigenvalue weighted by molar-refractivity contribution is 7.79. The Kier molecular flexibility index (Phi) is 8.99. The van der Waals surface area contributed by atoms with Crippen LogP contribution < -0.4 is 0 Å². The maximum Gasteiger partial charge on any atom is 0.0921 e. The molecule has 0 radical (unpaired) electrons. The van der Waals surface area contributed by atoms with Crippen LogP contribution in [0.5, 0.6) is 0 Å². The molecule has 26 heavy (non-hydrogen) atoms. The van der Waals surface area contributed by atoms with Crippen LogP contribution in [0, 0.1) is 23.7 Å². The average molecular weight is 373 g/mol. The first-order valence-corrected chi connectivity index (χ1v) is 10.2. The Morgan fingerprint density at radius 2 is 2.00 bits per heavy atom. The van der Waals surface area contributed by atoms with Crippen LogP contribution >= 0.6 is 12.2 Å². The zero-order chi connectivity index (χ0) is 18.8. The largest absolute Gasteiger partial charge is 0.396 e. The van der Waals surface area contributed by atoms with Crippen molar-refractivity contribution in [1.82, 2.24) is 9.97 Å². The molecule has 142 valence electrons. The zero-order valence-electron chi connectivity index (χ0n) is 16.0. The third kappa shape index (κ3) is 6.03. The van der Waals surface area contributed by atoms with Crippen LogP contribution in [-0.4, -0.2) is 27.0 Å². The summed E-state index contributed by atoms with van der Waals surface area (Å²) in [5.74, 6) is 1.85. The topological polar surface area (TPSA) is 48.9 Å². The number of hydrogen-bond acceptors (Lipinski definition) is 3. The first-order valence-electron chi connectivity index (χ1n) is 9.76. The Morgan fingerprint density at radius 3 is 2.58 bits per heavy atom. The second-order valence-corrected chi connectivity index (χ2v) is 7.63. The van der Waals surface area contributed by atoms with Crippen molar-refractivity contribution in [3.05, 3.63) is 54.1 Å². The lowest BCUT2D eigenvalue weighted by Crippen LogP contribution is -2.32. The third-order valence-corrected chi connectivity index (χ3v) is 5.90. The SMILES string of the molecule is CCC(CCCO)C(Cc1cnc[nH]1)C(C=S)C(C)Cc1ccccc1. The normalized spacial score (nSPS) is 16.0. The predicted molar refractivity (Wildman–Crippen MR) is 112 cm³/mol. The van der Waals surface area contributed by atoms with Crippen molar-refractivity contribution in [2.45, 2.75) is 46.0 Å². The lowest BCUT2D eigenvalue weighted by atomic mass is 9.70. The number of aromatic nitrogens is 2. The first kappa shape index (κ1) is 20.8. The first-order chi connectivity index (χ1) is 12.7. The molecule has 0 saturated carbocycles. The van der Waals surface area contributed by atoms with Gasteiger partial charge in [-0.25, -0.2) is 4.98 Å². The van der Waals surface area contributed by atoms with Gasteiger partial charge in [-0.2, -0.15) is 0 Å². The number of aliphatic hydroxyl groups excluding tert-OH is 1. The summed E-state index contributed by atoms with van der Waals surface area (Å²) in [6.45, 7) is 4.83. The quantitative estimate of drug-likeness (QED) is 0.523. The number of rotatable bonds is 12. The van der Waals surface area contributed by atoms with Crippen molar-refractivity contribution >= 4 is 17.6 Å². The van der Waals surface area contributed by atoms with Crippen molar-refractivity contribution in [2.75, 3.05) is 6.61 Å². The van der Waals surface area contributed by atoms with Crippen molar-refractivity contribution < 1.29 is 5.11 Å². The molecule has 0 saturated heterocycles. The number of nitrogens with one attached hydrogen (secondary N) is 1. The van der Waals surface area contributed by atoms with E-state index < -0.39 is 0 Å². The van der Waals surface area contributed by atoms with Crippen molar-refractivity contribution in [1.29, 1.82) is 0 Å². The van der Waals surface area contributed by atoms with E-state index in [0.717, 1.165) is 32.1 Å². The minimum atomic E-state index is 0.259. The molecular formula is C22H32N2OS. The van der Waals surface area contributed by atoms with E-state index in [1.54, 1.807) is 6.33 Å². The van der Waals surface area contributed by atoms with Gasteiger partial charge in [0, 0.05) is 18.5 Å². The van der Waals surface area contributed by atoms with E-state index in [1.165, 1.54) is 11.3 Å². The highest BCUT2D eigenvalue weighted by Crippen LogP contribution is 2.35. The fraction of sp³-hybridized carbons (Fsp3) is 0.545. The van der Waals surface area contributed by atoms with Gasteiger partial charge in [0.2, 0.25) is 0 Å². The summed E-state index contributed by atoms with van der Waals surface area (Å²) in [6.07, 6.45) is 8.68. The predicted octanol–water partition coefficient (Wildman–Crippen LogP) is 4.86. The standard InChI is InChI=1S/C22H32N2OS/c1-3-19(10-7-11-25)21(13-20-14-23-16-24-20)22(15-26)17(2)12-18-8-5-4-6-9-18/h4-6,8-9,14-17,19,21-22,25H,3,7,10-13H2,1-2H3,(H,23,24). The van der Waals surface area contributed by atoms with E-state index in [1.807, 2.05) is 11.6 Å². The van der Waals surface area contributed by atoms with E-state index >= 15 is 0 Å². The Hall–Kier alpha value is -1.52. The summed E-state index contributed by atoms with van der Waals surface area (Å²) < 4.78 is 0. The molecule has 1 aromatic heterocycles. The fourth-order valence-electron chi connectivity index (χ4n) is 4.12. The van der Waals surface area contributed by atoms with Gasteiger partial charge in [0.15, 0.2) is 0 Å². The van der Waals surface area contributed by atoms with Crippen LogP contribution in [0.15, 0.2) is 42.9 Å². The van der Waals surface area contributed by atoms with Gasteiger partial charge in [0.1, 0.15) is 0 Å². The second-order valence-electron chi connectivity index (χ2n) is 7.36. The molecule has 0 bridgehead atoms. The number of aromatic amines is 1. The van der Waals surface area contributed by atoms with Crippen molar-refractivity contribution in [3.8, 4) is 0 Å². The molecule has 2 rings (SSSR count). The molecule has 4 heteroatoms. The lowest BCUT2D eigenvalue weighted by Gasteiger charge is -2.35. The maximum absolute atomic E-state index is 9.30. The Morgan fingerprint density at radius 1 is 1.23 bits per heavy atom. The summed E-state index contributed by atoms with van der Waals surface area (Å²) in [5, 5.41) is 11.3. The van der Waals surface area contributed by atoms with Crippen LogP contribution in [-0.2, 0) is 12.8 Å². The van der Waals surface area contributed by atoms with Gasteiger partial charge in [0.25, 0.3) is 0 Å². The molecule has 2 N–H and O–H groups in total. The highest BCUT2D eigenvalue weighted by atomic mass is 32.1. The molecule has 2 aromatic rings. The minimum absolute atomic E-state index is 0.259. The van der Waals surface area contributed by atoms with Crippen LogP contribution in [0.4, 0.5) is 0 Å². The number of hydrogen-bond donors (Lipinski definition) is 2. The number of benzene rings is 1. The van der Waals surface area contributed by atoms with Crippen molar-refractivity contribution in [2.24, 2.45) is 23.7 Å². The van der Waals surface area contributed by atoms with E-state index in [4.69, 9.17) is 12.2 Å². The molecule has 1 aromatic carbocycles. The zero-order valence-corrected chi connectivity index (χ0v) is 16.8. The van der Waals surface area contributed by atoms with Gasteiger partial charge in [-0.1, -0.05) is 62.8 Å². The van der Waals surface area contributed by atoms with E-state index in [0.29, 0.717) is 23.7 Å². The van der Waals surface area contributed by atoms with E-state index in [9.17, 15) is 5.11 Å². The van der Waals surface area contributed by atoms with Gasteiger partial charge in [0.05, 0.1) is 6.33 Å². The number of nitrogens with zero attached hydrogens (tertiary/aromatic N) is 1. The molecule has 0 spiro atoms. The van der Waals surface area contributed by atoms with Crippen LogP contribution in [0.25, 0.3) is 0 Å². The second kappa shape index (κ2) is 11.2. The average Bonchev–Trinajstić information content (AvgIpc) is 3.16. The molecule has 4 unspecified atom stereocenters. The molecule has 0 fully saturated rings. The highest BCUT2D eigenvalue weighted by Gasteiger charge is 2.31. The minimum Gasteiger partial charge on any atom is -0.396 e. The fourth-order valence-corrected chi connectivity index (χ4v) is 4.59. The molecule has 0 aliphatic heterocycles. The third-order valence-electron chi connectivity index (χ3n) is 5.58. The Balaban J connectivity index is 2.19. The number of thiocarbonyl (C=S) groups is 1. The van der Waals surface area contributed by atoms with E-state index in [2.05, 4.69) is 54.1 Å². The monoisotopic (exact) mass is 372 g/mol. The summed E-state index contributed by atoms with van der Waals surface area (Å²) >= 11 is 5.52. The van der Waals surface area contributed by atoms with Crippen LogP contribution in [0.1, 0.15) is 44.4 Å². The number of aliphatic hydroxyl groups is 1. The molecule has 3 nitrogen and oxygen atoms in total. The number of H-pyrrole nitrogens is 1. The molecular weight excluding hydrogens is 340 g/mol.